The summed E-state index contributed by atoms with van der Waals surface area (Å²) >= 11 is 0. The van der Waals surface area contributed by atoms with E-state index in [0.717, 1.165) is 0 Å². The number of ether oxygens (including phenoxy) is 3. The average molecular weight is 366 g/mol. The molecule has 0 bridgehead atoms. The van der Waals surface area contributed by atoms with Crippen LogP contribution in [0, 0.1) is 11.3 Å². The lowest BCUT2D eigenvalue weighted by atomic mass is 10.1. The molecule has 1 amide bonds. The van der Waals surface area contributed by atoms with Gasteiger partial charge in [-0.15, -0.1) is 0 Å². The number of methoxy groups -OCH3 is 2. The summed E-state index contributed by atoms with van der Waals surface area (Å²) < 4.78 is 16.2. The Bertz CT molecular complexity index is 882. The highest BCUT2D eigenvalue weighted by molar-refractivity contribution is 6.10. The van der Waals surface area contributed by atoms with Crippen molar-refractivity contribution in [2.24, 2.45) is 0 Å². The van der Waals surface area contributed by atoms with Crippen LogP contribution in [0.3, 0.4) is 0 Å². The number of hydrogen-bond acceptors (Lipinski definition) is 5. The molecule has 2 rings (SSSR count). The first-order chi connectivity index (χ1) is 13.0. The first-order valence-corrected chi connectivity index (χ1v) is 8.39. The molecule has 140 valence electrons. The number of benzene rings is 2. The van der Waals surface area contributed by atoms with Gasteiger partial charge in [0.1, 0.15) is 17.4 Å². The Morgan fingerprint density at radius 3 is 2.41 bits per heavy atom. The van der Waals surface area contributed by atoms with Crippen molar-refractivity contribution < 1.29 is 19.0 Å². The summed E-state index contributed by atoms with van der Waals surface area (Å²) in [7, 11) is 3.05. The number of hydrogen-bond donors (Lipinski definition) is 1. The van der Waals surface area contributed by atoms with Crippen molar-refractivity contribution in [1.29, 1.82) is 5.26 Å². The van der Waals surface area contributed by atoms with E-state index in [4.69, 9.17) is 14.2 Å². The molecule has 2 aromatic carbocycles. The number of nitriles is 1. The highest BCUT2D eigenvalue weighted by atomic mass is 16.5. The van der Waals surface area contributed by atoms with E-state index >= 15 is 0 Å². The minimum Gasteiger partial charge on any atom is -0.495 e. The van der Waals surface area contributed by atoms with Crippen molar-refractivity contribution in [2.75, 3.05) is 19.5 Å². The van der Waals surface area contributed by atoms with Crippen molar-refractivity contribution in [3.63, 3.8) is 0 Å². The quantitative estimate of drug-likeness (QED) is 0.591. The lowest BCUT2D eigenvalue weighted by Gasteiger charge is -2.14. The minimum atomic E-state index is -0.525. The fourth-order valence-electron chi connectivity index (χ4n) is 2.38. The van der Waals surface area contributed by atoms with Gasteiger partial charge < -0.3 is 19.5 Å². The number of nitrogens with one attached hydrogen (secondary N) is 1. The summed E-state index contributed by atoms with van der Waals surface area (Å²) in [6.07, 6.45) is 1.49. The number of nitrogens with zero attached hydrogens (tertiary/aromatic N) is 1. The van der Waals surface area contributed by atoms with Crippen LogP contribution in [0.15, 0.2) is 48.0 Å². The second kappa shape index (κ2) is 9.30. The SMILES string of the molecule is COc1ccccc1NC(=O)/C(C#N)=C\c1ccc(OC(C)C)c(OC)c1. The molecule has 0 aliphatic heterocycles. The zero-order valence-corrected chi connectivity index (χ0v) is 15.8. The lowest BCUT2D eigenvalue weighted by molar-refractivity contribution is -0.112. The second-order valence-electron chi connectivity index (χ2n) is 5.90. The summed E-state index contributed by atoms with van der Waals surface area (Å²) in [4.78, 5) is 12.5. The van der Waals surface area contributed by atoms with Crippen LogP contribution in [0.5, 0.6) is 17.2 Å². The molecule has 0 spiro atoms. The molecule has 0 saturated carbocycles. The fourth-order valence-corrected chi connectivity index (χ4v) is 2.38. The summed E-state index contributed by atoms with van der Waals surface area (Å²) in [5.74, 6) is 1.12. The highest BCUT2D eigenvalue weighted by Gasteiger charge is 2.13. The van der Waals surface area contributed by atoms with Gasteiger partial charge in [0, 0.05) is 0 Å². The molecular weight excluding hydrogens is 344 g/mol. The maximum atomic E-state index is 12.5. The van der Waals surface area contributed by atoms with Crippen molar-refractivity contribution in [2.45, 2.75) is 20.0 Å². The molecule has 6 heteroatoms. The van der Waals surface area contributed by atoms with Crippen molar-refractivity contribution in [3.05, 3.63) is 53.6 Å². The summed E-state index contributed by atoms with van der Waals surface area (Å²) in [5, 5.41) is 12.1. The molecule has 0 aromatic heterocycles. The minimum absolute atomic E-state index is 0.00147. The first kappa shape index (κ1) is 19.9. The zero-order valence-electron chi connectivity index (χ0n) is 15.8. The standard InChI is InChI=1S/C21H22N2O4/c1-14(2)27-19-10-9-15(12-20(19)26-4)11-16(13-22)21(24)23-17-7-5-6-8-18(17)25-3/h5-12,14H,1-4H3,(H,23,24)/b16-11-. The van der Waals surface area contributed by atoms with Gasteiger partial charge in [-0.1, -0.05) is 18.2 Å². The Kier molecular flexibility index (Phi) is 6.84. The average Bonchev–Trinajstić information content (AvgIpc) is 2.66. The maximum Gasteiger partial charge on any atom is 0.266 e. The van der Waals surface area contributed by atoms with Gasteiger partial charge in [0.2, 0.25) is 0 Å². The van der Waals surface area contributed by atoms with Gasteiger partial charge in [-0.05, 0) is 49.8 Å². The van der Waals surface area contributed by atoms with E-state index in [1.807, 2.05) is 19.9 Å². The molecule has 0 aliphatic carbocycles. The molecule has 0 atom stereocenters. The molecule has 1 N–H and O–H groups in total. The number of carbonyl (C=O) groups is 1. The third-order valence-corrected chi connectivity index (χ3v) is 3.58. The Balaban J connectivity index is 2.27. The molecule has 6 nitrogen and oxygen atoms in total. The van der Waals surface area contributed by atoms with E-state index in [0.29, 0.717) is 28.5 Å². The van der Waals surface area contributed by atoms with Crippen molar-refractivity contribution in [1.82, 2.24) is 0 Å². The number of anilines is 1. The highest BCUT2D eigenvalue weighted by Crippen LogP contribution is 2.30. The van der Waals surface area contributed by atoms with E-state index in [9.17, 15) is 10.1 Å². The van der Waals surface area contributed by atoms with Crippen molar-refractivity contribution in [3.8, 4) is 23.3 Å². The predicted molar refractivity (Wildman–Crippen MR) is 104 cm³/mol. The van der Waals surface area contributed by atoms with E-state index < -0.39 is 5.91 Å². The van der Waals surface area contributed by atoms with Gasteiger partial charge >= 0.3 is 0 Å². The second-order valence-corrected chi connectivity index (χ2v) is 5.90. The third kappa shape index (κ3) is 5.25. The van der Waals surface area contributed by atoms with Crippen LogP contribution in [0.1, 0.15) is 19.4 Å². The van der Waals surface area contributed by atoms with Gasteiger partial charge in [0.15, 0.2) is 11.5 Å². The van der Waals surface area contributed by atoms with Gasteiger partial charge in [0.05, 0.1) is 26.0 Å². The first-order valence-electron chi connectivity index (χ1n) is 8.39. The fraction of sp³-hybridized carbons (Fsp3) is 0.238. The van der Waals surface area contributed by atoms with E-state index in [1.165, 1.54) is 20.3 Å². The lowest BCUT2D eigenvalue weighted by Crippen LogP contribution is -2.14. The molecule has 0 fully saturated rings. The smallest absolute Gasteiger partial charge is 0.266 e. The normalized spacial score (nSPS) is 10.9. The van der Waals surface area contributed by atoms with Gasteiger partial charge in [-0.3, -0.25) is 4.79 Å². The van der Waals surface area contributed by atoms with Crippen LogP contribution in [0.2, 0.25) is 0 Å². The molecule has 27 heavy (non-hydrogen) atoms. The number of amides is 1. The van der Waals surface area contributed by atoms with Crippen LogP contribution < -0.4 is 19.5 Å². The van der Waals surface area contributed by atoms with Gasteiger partial charge in [0.25, 0.3) is 5.91 Å². The van der Waals surface area contributed by atoms with E-state index in [2.05, 4.69) is 5.32 Å². The van der Waals surface area contributed by atoms with E-state index in [1.54, 1.807) is 42.5 Å². The van der Waals surface area contributed by atoms with Crippen LogP contribution in [0.25, 0.3) is 6.08 Å². The largest absolute Gasteiger partial charge is 0.495 e. The molecule has 0 saturated heterocycles. The number of rotatable bonds is 7. The molecule has 0 unspecified atom stereocenters. The number of carbonyl (C=O) groups excluding carboxylic acids is 1. The Labute approximate surface area is 159 Å². The van der Waals surface area contributed by atoms with Crippen LogP contribution in [0.4, 0.5) is 5.69 Å². The molecule has 2 aromatic rings. The topological polar surface area (TPSA) is 80.6 Å². The molecule has 0 aliphatic rings. The summed E-state index contributed by atoms with van der Waals surface area (Å²) in [5.41, 5.74) is 1.10. The number of para-hydroxylation sites is 2. The van der Waals surface area contributed by atoms with Gasteiger partial charge in [-0.2, -0.15) is 5.26 Å². The third-order valence-electron chi connectivity index (χ3n) is 3.58. The predicted octanol–water partition coefficient (Wildman–Crippen LogP) is 4.04. The van der Waals surface area contributed by atoms with E-state index in [-0.39, 0.29) is 11.7 Å². The Hall–Kier alpha value is -3.46. The summed E-state index contributed by atoms with van der Waals surface area (Å²) in [6.45, 7) is 3.84. The van der Waals surface area contributed by atoms with Crippen LogP contribution in [-0.2, 0) is 4.79 Å². The molecule has 0 radical (unpaired) electrons. The maximum absolute atomic E-state index is 12.5. The van der Waals surface area contributed by atoms with Crippen LogP contribution in [-0.4, -0.2) is 26.2 Å². The summed E-state index contributed by atoms with van der Waals surface area (Å²) in [6, 6.07) is 14.1. The zero-order chi connectivity index (χ0) is 19.8. The Morgan fingerprint density at radius 1 is 1.07 bits per heavy atom. The molecule has 0 heterocycles. The molecular formula is C21H22N2O4. The van der Waals surface area contributed by atoms with Gasteiger partial charge in [-0.25, -0.2) is 0 Å². The monoisotopic (exact) mass is 366 g/mol. The van der Waals surface area contributed by atoms with Crippen molar-refractivity contribution >= 4 is 17.7 Å². The van der Waals surface area contributed by atoms with Crippen LogP contribution >= 0.6 is 0 Å². The Morgan fingerprint density at radius 2 is 1.78 bits per heavy atom.